The van der Waals surface area contributed by atoms with E-state index in [0.29, 0.717) is 11.1 Å². The highest BCUT2D eigenvalue weighted by atomic mass is 35.5. The van der Waals surface area contributed by atoms with Gasteiger partial charge in [0.25, 0.3) is 0 Å². The number of pyridine rings is 1. The predicted molar refractivity (Wildman–Crippen MR) is 139 cm³/mol. The molecule has 2 N–H and O–H groups in total. The van der Waals surface area contributed by atoms with Crippen molar-refractivity contribution in [3.63, 3.8) is 0 Å². The highest BCUT2D eigenvalue weighted by Crippen LogP contribution is 2.31. The number of fused-ring (bicyclic) bond motifs is 1. The number of likely N-dealkylation sites (tertiary alicyclic amines) is 1. The van der Waals surface area contributed by atoms with Crippen LogP contribution < -0.4 is 10.2 Å². The summed E-state index contributed by atoms with van der Waals surface area (Å²) in [4.78, 5) is 19.1. The zero-order chi connectivity index (χ0) is 24.6. The van der Waals surface area contributed by atoms with Gasteiger partial charge in [0, 0.05) is 23.5 Å². The summed E-state index contributed by atoms with van der Waals surface area (Å²) < 4.78 is 5.41. The van der Waals surface area contributed by atoms with Gasteiger partial charge in [0.05, 0.1) is 17.6 Å². The van der Waals surface area contributed by atoms with Gasteiger partial charge in [0.1, 0.15) is 5.75 Å². The maximum atomic E-state index is 12.1. The monoisotopic (exact) mass is 495 g/mol. The van der Waals surface area contributed by atoms with E-state index in [1.165, 1.54) is 5.56 Å². The Kier molecular flexibility index (Phi) is 8.96. The van der Waals surface area contributed by atoms with Crippen molar-refractivity contribution in [3.05, 3.63) is 70.9 Å². The van der Waals surface area contributed by atoms with Gasteiger partial charge >= 0.3 is 0 Å². The standard InChI is InChI=1S/C28H34ClN3O3/c1-35-23-12-13-27-25(18-23)24(26(29)19-30-27)11-5-10-22-17-21(28(33)31-34)14-16-32(22)15-6-9-20-7-3-2-4-8-20/h2-4,7-8,12-13,18-19,21-22,34H,5-6,9-11,14-17H2,1H3,(H,31,33). The number of nitrogens with zero attached hydrogens (tertiary/aromatic N) is 2. The molecule has 7 heteroatoms. The number of ether oxygens (including phenoxy) is 1. The Balaban J connectivity index is 1.42. The quantitative estimate of drug-likeness (QED) is 0.289. The van der Waals surface area contributed by atoms with Crippen LogP contribution in [-0.2, 0) is 17.6 Å². The van der Waals surface area contributed by atoms with Gasteiger partial charge in [-0.15, -0.1) is 0 Å². The van der Waals surface area contributed by atoms with Crippen LogP contribution >= 0.6 is 11.6 Å². The minimum atomic E-state index is -0.269. The maximum absolute atomic E-state index is 12.1. The Labute approximate surface area is 212 Å². The Morgan fingerprint density at radius 3 is 2.80 bits per heavy atom. The lowest BCUT2D eigenvalue weighted by atomic mass is 9.87. The molecule has 2 aromatic carbocycles. The molecule has 0 spiro atoms. The van der Waals surface area contributed by atoms with Crippen LogP contribution in [-0.4, -0.2) is 47.2 Å². The van der Waals surface area contributed by atoms with Gasteiger partial charge in [-0.2, -0.15) is 0 Å². The van der Waals surface area contributed by atoms with Crippen molar-refractivity contribution in [2.45, 2.75) is 51.0 Å². The predicted octanol–water partition coefficient (Wildman–Crippen LogP) is 5.44. The average Bonchev–Trinajstić information content (AvgIpc) is 2.90. The van der Waals surface area contributed by atoms with Gasteiger partial charge < -0.3 is 9.64 Å². The largest absolute Gasteiger partial charge is 0.497 e. The Hall–Kier alpha value is -2.67. The van der Waals surface area contributed by atoms with Crippen LogP contribution in [0.15, 0.2) is 54.7 Å². The molecule has 1 amide bonds. The number of methoxy groups -OCH3 is 1. The first-order chi connectivity index (χ1) is 17.1. The molecule has 0 saturated carbocycles. The topological polar surface area (TPSA) is 74.7 Å². The summed E-state index contributed by atoms with van der Waals surface area (Å²) in [6.45, 7) is 1.87. The van der Waals surface area contributed by atoms with E-state index < -0.39 is 0 Å². The fourth-order valence-corrected chi connectivity index (χ4v) is 5.50. The highest BCUT2D eigenvalue weighted by molar-refractivity contribution is 6.32. The normalized spacial score (nSPS) is 18.5. The lowest BCUT2D eigenvalue weighted by molar-refractivity contribution is -0.135. The van der Waals surface area contributed by atoms with Crippen molar-refractivity contribution >= 4 is 28.4 Å². The number of amides is 1. The lowest BCUT2D eigenvalue weighted by Crippen LogP contribution is -2.46. The summed E-state index contributed by atoms with van der Waals surface area (Å²) in [7, 11) is 1.66. The van der Waals surface area contributed by atoms with Crippen molar-refractivity contribution in [1.29, 1.82) is 0 Å². The van der Waals surface area contributed by atoms with Gasteiger partial charge in [-0.1, -0.05) is 41.9 Å². The number of carbonyl (C=O) groups is 1. The van der Waals surface area contributed by atoms with E-state index in [-0.39, 0.29) is 11.8 Å². The van der Waals surface area contributed by atoms with E-state index in [0.717, 1.165) is 80.3 Å². The third-order valence-electron chi connectivity index (χ3n) is 7.17. The number of halogens is 1. The number of nitrogens with one attached hydrogen (secondary N) is 1. The number of benzene rings is 2. The number of piperidine rings is 1. The summed E-state index contributed by atoms with van der Waals surface area (Å²) in [6, 6.07) is 16.7. The molecule has 0 aliphatic carbocycles. The molecular weight excluding hydrogens is 462 g/mol. The third-order valence-corrected chi connectivity index (χ3v) is 7.50. The van der Waals surface area contributed by atoms with Crippen LogP contribution in [0.5, 0.6) is 5.75 Å². The molecule has 1 aliphatic rings. The van der Waals surface area contributed by atoms with Gasteiger partial charge in [-0.05, 0) is 87.4 Å². The number of rotatable bonds is 10. The van der Waals surface area contributed by atoms with E-state index in [1.54, 1.807) is 13.3 Å². The summed E-state index contributed by atoms with van der Waals surface area (Å²) in [6.07, 6.45) is 8.13. The number of hydrogen-bond donors (Lipinski definition) is 2. The molecule has 1 saturated heterocycles. The van der Waals surface area contributed by atoms with E-state index in [2.05, 4.69) is 34.1 Å². The fraction of sp³-hybridized carbons (Fsp3) is 0.429. The van der Waals surface area contributed by atoms with Crippen LogP contribution in [0.4, 0.5) is 0 Å². The molecule has 0 bridgehead atoms. The molecule has 0 radical (unpaired) electrons. The van der Waals surface area contributed by atoms with Gasteiger partial charge in [0.2, 0.25) is 5.91 Å². The van der Waals surface area contributed by atoms with Crippen molar-refractivity contribution in [1.82, 2.24) is 15.4 Å². The molecular formula is C28H34ClN3O3. The first-order valence-electron chi connectivity index (χ1n) is 12.4. The molecule has 1 fully saturated rings. The molecule has 2 heterocycles. The van der Waals surface area contributed by atoms with Crippen molar-refractivity contribution < 1.29 is 14.7 Å². The molecule has 1 aliphatic heterocycles. The first-order valence-corrected chi connectivity index (χ1v) is 12.8. The number of aryl methyl sites for hydroxylation is 2. The average molecular weight is 496 g/mol. The second-order valence-corrected chi connectivity index (χ2v) is 9.74. The van der Waals surface area contributed by atoms with Gasteiger partial charge in [-0.25, -0.2) is 5.48 Å². The summed E-state index contributed by atoms with van der Waals surface area (Å²) in [5.41, 5.74) is 5.21. The van der Waals surface area contributed by atoms with E-state index in [4.69, 9.17) is 21.5 Å². The molecule has 186 valence electrons. The van der Waals surface area contributed by atoms with Crippen LogP contribution in [0, 0.1) is 5.92 Å². The fourth-order valence-electron chi connectivity index (χ4n) is 5.25. The first kappa shape index (κ1) is 25.4. The van der Waals surface area contributed by atoms with E-state index in [1.807, 2.05) is 29.7 Å². The number of aromatic nitrogens is 1. The minimum absolute atomic E-state index is 0.148. The Bertz CT molecular complexity index is 1130. The molecule has 2 unspecified atom stereocenters. The third kappa shape index (κ3) is 6.51. The maximum Gasteiger partial charge on any atom is 0.246 e. The van der Waals surface area contributed by atoms with Crippen molar-refractivity contribution in [2.75, 3.05) is 20.2 Å². The lowest BCUT2D eigenvalue weighted by Gasteiger charge is -2.39. The molecule has 4 rings (SSSR count). The molecule has 2 atom stereocenters. The zero-order valence-corrected chi connectivity index (χ0v) is 21.0. The SMILES string of the molecule is COc1ccc2ncc(Cl)c(CCCC3CC(C(=O)NO)CCN3CCCc3ccccc3)c2c1. The van der Waals surface area contributed by atoms with Crippen molar-refractivity contribution in [3.8, 4) is 5.75 Å². The number of hydrogen-bond acceptors (Lipinski definition) is 5. The summed E-state index contributed by atoms with van der Waals surface area (Å²) in [5, 5.41) is 10.9. The van der Waals surface area contributed by atoms with Crippen molar-refractivity contribution in [2.24, 2.45) is 5.92 Å². The molecule has 3 aromatic rings. The Morgan fingerprint density at radius 2 is 2.03 bits per heavy atom. The molecule has 35 heavy (non-hydrogen) atoms. The second kappa shape index (κ2) is 12.3. The molecule has 6 nitrogen and oxygen atoms in total. The van der Waals surface area contributed by atoms with Gasteiger partial charge in [0.15, 0.2) is 0 Å². The zero-order valence-electron chi connectivity index (χ0n) is 20.3. The highest BCUT2D eigenvalue weighted by Gasteiger charge is 2.31. The summed E-state index contributed by atoms with van der Waals surface area (Å²) in [5.74, 6) is 0.372. The van der Waals surface area contributed by atoms with Crippen LogP contribution in [0.25, 0.3) is 10.9 Å². The summed E-state index contributed by atoms with van der Waals surface area (Å²) >= 11 is 6.56. The van der Waals surface area contributed by atoms with Crippen LogP contribution in [0.3, 0.4) is 0 Å². The van der Waals surface area contributed by atoms with Gasteiger partial charge in [-0.3, -0.25) is 15.0 Å². The van der Waals surface area contributed by atoms with E-state index >= 15 is 0 Å². The van der Waals surface area contributed by atoms with Crippen LogP contribution in [0.2, 0.25) is 5.02 Å². The number of hydroxylamine groups is 1. The Morgan fingerprint density at radius 1 is 1.20 bits per heavy atom. The van der Waals surface area contributed by atoms with E-state index in [9.17, 15) is 4.79 Å². The smallest absolute Gasteiger partial charge is 0.246 e. The minimum Gasteiger partial charge on any atom is -0.497 e. The second-order valence-electron chi connectivity index (χ2n) is 9.34. The number of carbonyl (C=O) groups excluding carboxylic acids is 1. The van der Waals surface area contributed by atoms with Crippen LogP contribution in [0.1, 0.15) is 43.2 Å². The molecule has 1 aromatic heterocycles.